The average Bonchev–Trinajstić information content (AvgIpc) is 2.59. The second-order valence-corrected chi connectivity index (χ2v) is 6.55. The number of halogens is 1. The summed E-state index contributed by atoms with van der Waals surface area (Å²) in [7, 11) is 0. The molecule has 24 heavy (non-hydrogen) atoms. The van der Waals surface area contributed by atoms with E-state index in [-0.39, 0.29) is 11.5 Å². The highest BCUT2D eigenvalue weighted by Gasteiger charge is 2.07. The molecule has 0 aliphatic carbocycles. The van der Waals surface area contributed by atoms with Crippen LogP contribution in [0, 0.1) is 3.57 Å². The van der Waals surface area contributed by atoms with Crippen LogP contribution in [-0.2, 0) is 11.3 Å². The monoisotopic (exact) mass is 433 g/mol. The van der Waals surface area contributed by atoms with E-state index in [0.717, 1.165) is 9.26 Å². The molecule has 0 atom stereocenters. The van der Waals surface area contributed by atoms with Crippen LogP contribution in [0.25, 0.3) is 10.9 Å². The maximum atomic E-state index is 12.4. The van der Waals surface area contributed by atoms with Crippen LogP contribution in [0.15, 0.2) is 59.7 Å². The van der Waals surface area contributed by atoms with E-state index in [9.17, 15) is 9.59 Å². The van der Waals surface area contributed by atoms with Crippen molar-refractivity contribution in [2.45, 2.75) is 19.4 Å². The van der Waals surface area contributed by atoms with Crippen molar-refractivity contribution in [3.8, 4) is 0 Å². The molecule has 0 aliphatic rings. The number of nitrogens with zero attached hydrogens (tertiary/aromatic N) is 2. The maximum absolute atomic E-state index is 12.4. The Balaban J connectivity index is 1.60. The molecule has 3 rings (SSSR count). The third-order valence-corrected chi connectivity index (χ3v) is 4.62. The number of aromatic nitrogens is 2. The first-order chi connectivity index (χ1) is 11.6. The molecular formula is C18H16IN3O2. The minimum absolute atomic E-state index is 0.0547. The van der Waals surface area contributed by atoms with E-state index in [2.05, 4.69) is 32.9 Å². The number of benzene rings is 2. The van der Waals surface area contributed by atoms with E-state index in [1.54, 1.807) is 17.0 Å². The van der Waals surface area contributed by atoms with E-state index in [0.29, 0.717) is 30.3 Å². The van der Waals surface area contributed by atoms with Crippen molar-refractivity contribution in [3.63, 3.8) is 0 Å². The topological polar surface area (TPSA) is 64.0 Å². The van der Waals surface area contributed by atoms with Gasteiger partial charge in [0.1, 0.15) is 0 Å². The van der Waals surface area contributed by atoms with Crippen molar-refractivity contribution in [1.82, 2.24) is 9.55 Å². The van der Waals surface area contributed by atoms with Gasteiger partial charge in [-0.3, -0.25) is 14.2 Å². The summed E-state index contributed by atoms with van der Waals surface area (Å²) in [5.41, 5.74) is 1.43. The molecule has 2 aromatic carbocycles. The summed E-state index contributed by atoms with van der Waals surface area (Å²) in [6.07, 6.45) is 2.47. The molecule has 0 unspecified atom stereocenters. The van der Waals surface area contributed by atoms with Crippen LogP contribution in [0.2, 0.25) is 0 Å². The van der Waals surface area contributed by atoms with Crippen LogP contribution < -0.4 is 10.9 Å². The molecule has 0 spiro atoms. The van der Waals surface area contributed by atoms with Gasteiger partial charge in [0.25, 0.3) is 5.56 Å². The summed E-state index contributed by atoms with van der Waals surface area (Å²) in [6, 6.07) is 14.9. The first kappa shape index (κ1) is 16.6. The molecule has 0 saturated heterocycles. The number of fused-ring (bicyclic) bond motifs is 1. The molecule has 0 bridgehead atoms. The summed E-state index contributed by atoms with van der Waals surface area (Å²) < 4.78 is 2.56. The number of para-hydroxylation sites is 2. The number of hydrogen-bond acceptors (Lipinski definition) is 3. The first-order valence-corrected chi connectivity index (χ1v) is 8.71. The van der Waals surface area contributed by atoms with E-state index < -0.39 is 0 Å². The highest BCUT2D eigenvalue weighted by Crippen LogP contribution is 2.17. The zero-order chi connectivity index (χ0) is 16.9. The van der Waals surface area contributed by atoms with Gasteiger partial charge in [0, 0.05) is 16.5 Å². The summed E-state index contributed by atoms with van der Waals surface area (Å²) in [4.78, 5) is 28.7. The summed E-state index contributed by atoms with van der Waals surface area (Å²) in [5, 5.41) is 3.49. The highest BCUT2D eigenvalue weighted by atomic mass is 127. The number of amides is 1. The van der Waals surface area contributed by atoms with Crippen molar-refractivity contribution in [2.75, 3.05) is 5.32 Å². The molecule has 1 amide bonds. The molecule has 0 radical (unpaired) electrons. The third kappa shape index (κ3) is 3.81. The zero-order valence-electron chi connectivity index (χ0n) is 12.9. The minimum atomic E-state index is -0.0707. The Labute approximate surface area is 152 Å². The lowest BCUT2D eigenvalue weighted by Gasteiger charge is -2.08. The lowest BCUT2D eigenvalue weighted by atomic mass is 10.2. The van der Waals surface area contributed by atoms with Crippen molar-refractivity contribution in [2.24, 2.45) is 0 Å². The molecule has 5 nitrogen and oxygen atoms in total. The molecular weight excluding hydrogens is 417 g/mol. The number of anilines is 1. The predicted molar refractivity (Wildman–Crippen MR) is 103 cm³/mol. The highest BCUT2D eigenvalue weighted by molar-refractivity contribution is 14.1. The molecule has 1 N–H and O–H groups in total. The minimum Gasteiger partial charge on any atom is -0.325 e. The van der Waals surface area contributed by atoms with Gasteiger partial charge in [-0.15, -0.1) is 0 Å². The Morgan fingerprint density at radius 3 is 2.71 bits per heavy atom. The second kappa shape index (κ2) is 7.57. The fourth-order valence-corrected chi connectivity index (χ4v) is 2.97. The van der Waals surface area contributed by atoms with Crippen molar-refractivity contribution in [1.29, 1.82) is 0 Å². The Bertz CT molecular complexity index is 937. The van der Waals surface area contributed by atoms with Gasteiger partial charge in [0.2, 0.25) is 5.91 Å². The van der Waals surface area contributed by atoms with Crippen LogP contribution in [0.3, 0.4) is 0 Å². The van der Waals surface area contributed by atoms with Gasteiger partial charge in [0.15, 0.2) is 0 Å². The number of carbonyl (C=O) groups is 1. The van der Waals surface area contributed by atoms with Gasteiger partial charge in [-0.1, -0.05) is 24.3 Å². The normalized spacial score (nSPS) is 10.7. The standard InChI is InChI=1S/C18H16IN3O2/c19-14-7-2-4-9-16(14)21-17(23)10-5-11-22-12-20-15-8-3-1-6-13(15)18(22)24/h1-4,6-9,12H,5,10-11H2,(H,21,23). The molecule has 1 aromatic heterocycles. The molecule has 3 aromatic rings. The van der Waals surface area contributed by atoms with Crippen LogP contribution in [0.4, 0.5) is 5.69 Å². The van der Waals surface area contributed by atoms with Gasteiger partial charge < -0.3 is 5.32 Å². The Kier molecular flexibility index (Phi) is 5.24. The lowest BCUT2D eigenvalue weighted by Crippen LogP contribution is -2.21. The van der Waals surface area contributed by atoms with E-state index >= 15 is 0 Å². The third-order valence-electron chi connectivity index (χ3n) is 3.68. The van der Waals surface area contributed by atoms with Crippen LogP contribution >= 0.6 is 22.6 Å². The van der Waals surface area contributed by atoms with Crippen molar-refractivity contribution >= 4 is 45.1 Å². The quantitative estimate of drug-likeness (QED) is 0.628. The van der Waals surface area contributed by atoms with Crippen LogP contribution in [0.1, 0.15) is 12.8 Å². The molecule has 122 valence electrons. The van der Waals surface area contributed by atoms with Gasteiger partial charge >= 0.3 is 0 Å². The molecule has 0 fully saturated rings. The van der Waals surface area contributed by atoms with Gasteiger partial charge in [0.05, 0.1) is 22.9 Å². The first-order valence-electron chi connectivity index (χ1n) is 7.64. The fraction of sp³-hybridized carbons (Fsp3) is 0.167. The predicted octanol–water partition coefficient (Wildman–Crippen LogP) is 3.42. The average molecular weight is 433 g/mol. The largest absolute Gasteiger partial charge is 0.325 e. The lowest BCUT2D eigenvalue weighted by molar-refractivity contribution is -0.116. The van der Waals surface area contributed by atoms with E-state index in [1.165, 1.54) is 0 Å². The van der Waals surface area contributed by atoms with E-state index in [4.69, 9.17) is 0 Å². The van der Waals surface area contributed by atoms with Gasteiger partial charge in [-0.05, 0) is 53.3 Å². The number of rotatable bonds is 5. The number of carbonyl (C=O) groups excluding carboxylic acids is 1. The number of aryl methyl sites for hydroxylation is 1. The maximum Gasteiger partial charge on any atom is 0.261 e. The van der Waals surface area contributed by atoms with Gasteiger partial charge in [-0.25, -0.2) is 4.98 Å². The molecule has 1 heterocycles. The van der Waals surface area contributed by atoms with Crippen molar-refractivity contribution in [3.05, 3.63) is 68.8 Å². The Hall–Kier alpha value is -2.22. The van der Waals surface area contributed by atoms with Crippen LogP contribution in [-0.4, -0.2) is 15.5 Å². The fourth-order valence-electron chi connectivity index (χ4n) is 2.45. The summed E-state index contributed by atoms with van der Waals surface area (Å²) in [5.74, 6) is -0.0547. The SMILES string of the molecule is O=C(CCCn1cnc2ccccc2c1=O)Nc1ccccc1I. The zero-order valence-corrected chi connectivity index (χ0v) is 15.1. The van der Waals surface area contributed by atoms with E-state index in [1.807, 2.05) is 42.5 Å². The van der Waals surface area contributed by atoms with Gasteiger partial charge in [-0.2, -0.15) is 0 Å². The molecule has 6 heteroatoms. The Morgan fingerprint density at radius 2 is 1.88 bits per heavy atom. The molecule has 0 saturated carbocycles. The number of hydrogen-bond donors (Lipinski definition) is 1. The second-order valence-electron chi connectivity index (χ2n) is 5.39. The smallest absolute Gasteiger partial charge is 0.261 e. The van der Waals surface area contributed by atoms with Crippen LogP contribution in [0.5, 0.6) is 0 Å². The summed E-state index contributed by atoms with van der Waals surface area (Å²) >= 11 is 2.18. The summed E-state index contributed by atoms with van der Waals surface area (Å²) in [6.45, 7) is 0.468. The Morgan fingerprint density at radius 1 is 1.12 bits per heavy atom. The number of nitrogens with one attached hydrogen (secondary N) is 1. The van der Waals surface area contributed by atoms with Crippen molar-refractivity contribution < 1.29 is 4.79 Å². The molecule has 0 aliphatic heterocycles.